The fourth-order valence-electron chi connectivity index (χ4n) is 3.95. The Balaban J connectivity index is 2.05. The molecule has 26 heavy (non-hydrogen) atoms. The summed E-state index contributed by atoms with van der Waals surface area (Å²) in [7, 11) is 0. The van der Waals surface area contributed by atoms with E-state index in [0.717, 1.165) is 0 Å². The summed E-state index contributed by atoms with van der Waals surface area (Å²) < 4.78 is 17.0. The first kappa shape index (κ1) is 19.1. The lowest BCUT2D eigenvalue weighted by Crippen LogP contribution is -2.41. The molecule has 0 aromatic rings. The number of rotatable bonds is 3. The van der Waals surface area contributed by atoms with Gasteiger partial charge in [-0.3, -0.25) is 4.79 Å². The normalized spacial score (nSPS) is 41.6. The highest BCUT2D eigenvalue weighted by Crippen LogP contribution is 2.47. The Morgan fingerprint density at radius 3 is 2.77 bits per heavy atom. The molecule has 7 nitrogen and oxygen atoms in total. The van der Waals surface area contributed by atoms with E-state index in [1.165, 1.54) is 6.08 Å². The number of hydrogen-bond donors (Lipinski definition) is 2. The first-order valence-corrected chi connectivity index (χ1v) is 8.93. The highest BCUT2D eigenvalue weighted by molar-refractivity contribution is 5.91. The van der Waals surface area contributed by atoms with Crippen molar-refractivity contribution in [2.45, 2.75) is 63.6 Å². The molecule has 0 spiro atoms. The van der Waals surface area contributed by atoms with Crippen LogP contribution in [0.1, 0.15) is 40.0 Å². The van der Waals surface area contributed by atoms with Crippen LogP contribution < -0.4 is 0 Å². The quantitative estimate of drug-likeness (QED) is 0.440. The Morgan fingerprint density at radius 1 is 1.46 bits per heavy atom. The molecule has 0 amide bonds. The molecule has 3 aliphatic rings. The summed E-state index contributed by atoms with van der Waals surface area (Å²) in [4.78, 5) is 24.3. The molecule has 144 valence electrons. The van der Waals surface area contributed by atoms with Crippen LogP contribution in [0.3, 0.4) is 0 Å². The molecule has 3 heterocycles. The van der Waals surface area contributed by atoms with Crippen molar-refractivity contribution < 1.29 is 34.0 Å². The predicted octanol–water partition coefficient (Wildman–Crippen LogP) is 1.23. The van der Waals surface area contributed by atoms with Crippen LogP contribution in [-0.4, -0.2) is 52.4 Å². The van der Waals surface area contributed by atoms with Crippen molar-refractivity contribution >= 4 is 11.9 Å². The summed E-state index contributed by atoms with van der Waals surface area (Å²) >= 11 is 0. The minimum atomic E-state index is -1.62. The Bertz CT molecular complexity index is 667. The van der Waals surface area contributed by atoms with E-state index < -0.39 is 42.1 Å². The van der Waals surface area contributed by atoms with Crippen LogP contribution in [0.2, 0.25) is 0 Å². The molecule has 0 aromatic carbocycles. The molecule has 2 N–H and O–H groups in total. The first-order chi connectivity index (χ1) is 12.1. The predicted molar refractivity (Wildman–Crippen MR) is 90.7 cm³/mol. The molecule has 7 heteroatoms. The van der Waals surface area contributed by atoms with Crippen molar-refractivity contribution in [1.82, 2.24) is 0 Å². The monoisotopic (exact) mass is 366 g/mol. The molecular weight excluding hydrogens is 340 g/mol. The molecular formula is C19H26O7. The molecule has 2 bridgehead atoms. The highest BCUT2D eigenvalue weighted by atomic mass is 16.6. The zero-order valence-electron chi connectivity index (χ0n) is 15.4. The van der Waals surface area contributed by atoms with Gasteiger partial charge in [-0.15, -0.1) is 0 Å². The van der Waals surface area contributed by atoms with Crippen molar-refractivity contribution in [2.75, 3.05) is 6.61 Å². The van der Waals surface area contributed by atoms with Gasteiger partial charge in [0.05, 0.1) is 24.0 Å². The average molecular weight is 366 g/mol. The molecule has 0 radical (unpaired) electrons. The fraction of sp³-hybridized carbons (Fsp3) is 0.684. The smallest absolute Gasteiger partial charge is 0.334 e. The van der Waals surface area contributed by atoms with Crippen LogP contribution in [0.4, 0.5) is 0 Å². The maximum Gasteiger partial charge on any atom is 0.334 e. The van der Waals surface area contributed by atoms with E-state index in [4.69, 9.17) is 14.2 Å². The highest BCUT2D eigenvalue weighted by Gasteiger charge is 2.54. The molecule has 5 atom stereocenters. The van der Waals surface area contributed by atoms with Crippen molar-refractivity contribution in [3.05, 3.63) is 23.8 Å². The molecule has 2 fully saturated rings. The van der Waals surface area contributed by atoms with E-state index in [2.05, 4.69) is 6.58 Å². The van der Waals surface area contributed by atoms with Gasteiger partial charge in [-0.05, 0) is 19.4 Å². The number of ether oxygens (including phenoxy) is 3. The number of carbonyl (C=O) groups is 2. The molecule has 0 aliphatic carbocycles. The van der Waals surface area contributed by atoms with Gasteiger partial charge in [-0.2, -0.15) is 0 Å². The van der Waals surface area contributed by atoms with Crippen molar-refractivity contribution in [3.63, 3.8) is 0 Å². The van der Waals surface area contributed by atoms with Gasteiger partial charge >= 0.3 is 11.9 Å². The van der Waals surface area contributed by atoms with Gasteiger partial charge in [0.2, 0.25) is 0 Å². The van der Waals surface area contributed by atoms with E-state index in [-0.39, 0.29) is 29.5 Å². The third-order valence-corrected chi connectivity index (χ3v) is 5.48. The summed E-state index contributed by atoms with van der Waals surface area (Å²) in [5, 5.41) is 20.6. The molecule has 0 aromatic heterocycles. The number of fused-ring (bicyclic) bond motifs is 3. The van der Waals surface area contributed by atoms with E-state index in [1.54, 1.807) is 13.8 Å². The lowest BCUT2D eigenvalue weighted by Gasteiger charge is -2.33. The third kappa shape index (κ3) is 3.19. The van der Waals surface area contributed by atoms with Gasteiger partial charge in [0.1, 0.15) is 12.2 Å². The molecule has 0 saturated carbocycles. The summed E-state index contributed by atoms with van der Waals surface area (Å²) in [6.07, 6.45) is 1.15. The second-order valence-corrected chi connectivity index (χ2v) is 7.94. The van der Waals surface area contributed by atoms with Gasteiger partial charge in [0, 0.05) is 24.0 Å². The zero-order valence-corrected chi connectivity index (χ0v) is 15.4. The molecule has 3 aliphatic heterocycles. The topological polar surface area (TPSA) is 102 Å². The number of aliphatic hydroxyl groups is 2. The average Bonchev–Trinajstić information content (AvgIpc) is 3.02. The summed E-state index contributed by atoms with van der Waals surface area (Å²) in [5.41, 5.74) is -0.306. The van der Waals surface area contributed by atoms with Gasteiger partial charge in [0.15, 0.2) is 5.79 Å². The van der Waals surface area contributed by atoms with Gasteiger partial charge in [-0.1, -0.05) is 20.4 Å². The second kappa shape index (κ2) is 6.48. The summed E-state index contributed by atoms with van der Waals surface area (Å²) in [6, 6.07) is 0. The first-order valence-electron chi connectivity index (χ1n) is 8.93. The van der Waals surface area contributed by atoms with Crippen LogP contribution in [0.5, 0.6) is 0 Å². The minimum absolute atomic E-state index is 0.221. The van der Waals surface area contributed by atoms with Crippen LogP contribution >= 0.6 is 0 Å². The fourth-order valence-corrected chi connectivity index (χ4v) is 3.95. The number of aliphatic hydroxyl groups excluding tert-OH is 1. The van der Waals surface area contributed by atoms with E-state index >= 15 is 0 Å². The van der Waals surface area contributed by atoms with Gasteiger partial charge in [-0.25, -0.2) is 4.79 Å². The molecule has 2 saturated heterocycles. The van der Waals surface area contributed by atoms with Crippen LogP contribution in [-0.2, 0) is 23.8 Å². The van der Waals surface area contributed by atoms with Crippen molar-refractivity contribution in [3.8, 4) is 0 Å². The van der Waals surface area contributed by atoms with Crippen LogP contribution in [0.25, 0.3) is 0 Å². The maximum atomic E-state index is 12.2. The van der Waals surface area contributed by atoms with Crippen LogP contribution in [0, 0.1) is 11.8 Å². The minimum Gasteiger partial charge on any atom is -0.461 e. The van der Waals surface area contributed by atoms with E-state index in [9.17, 15) is 19.8 Å². The van der Waals surface area contributed by atoms with Crippen molar-refractivity contribution in [2.24, 2.45) is 11.8 Å². The maximum absolute atomic E-state index is 12.2. The van der Waals surface area contributed by atoms with E-state index in [0.29, 0.717) is 12.8 Å². The lowest BCUT2D eigenvalue weighted by atomic mass is 9.81. The van der Waals surface area contributed by atoms with Gasteiger partial charge in [0.25, 0.3) is 0 Å². The molecule has 3 rings (SSSR count). The number of hydrogen-bond acceptors (Lipinski definition) is 7. The molecule has 0 unspecified atom stereocenters. The van der Waals surface area contributed by atoms with E-state index in [1.807, 2.05) is 6.92 Å². The third-order valence-electron chi connectivity index (χ3n) is 5.48. The van der Waals surface area contributed by atoms with Gasteiger partial charge < -0.3 is 24.4 Å². The second-order valence-electron chi connectivity index (χ2n) is 7.94. The van der Waals surface area contributed by atoms with Crippen LogP contribution in [0.15, 0.2) is 23.8 Å². The Hall–Kier alpha value is -1.70. The standard InChI is InChI=1S/C19H26O7/c1-10(2)16(21)25-14-8-18(4)5-6-19(23,26-18)12(9-20)7-13-15(14)11(3)17(22)24-13/h7,10,13-15,20,23H,3,5-6,8-9H2,1-2,4H3/b12-7-/t13-,14+,15-,18+,19-/m0/s1. The summed E-state index contributed by atoms with van der Waals surface area (Å²) in [6.45, 7) is 8.68. The Morgan fingerprint density at radius 2 is 2.15 bits per heavy atom. The van der Waals surface area contributed by atoms with Crippen molar-refractivity contribution in [1.29, 1.82) is 0 Å². The number of esters is 2. The zero-order chi connectivity index (χ0) is 19.3. The number of carbonyl (C=O) groups excluding carboxylic acids is 2. The lowest BCUT2D eigenvalue weighted by molar-refractivity contribution is -0.205. The Labute approximate surface area is 152 Å². The summed E-state index contributed by atoms with van der Waals surface area (Å²) in [5.74, 6) is -3.49. The Kier molecular flexibility index (Phi) is 4.75. The largest absolute Gasteiger partial charge is 0.461 e. The SMILES string of the molecule is C=C1C(=O)O[C@H]2/C=C(/CO)[C@]3(O)CC[C@](C)(C[C@@H](OC(=O)C(C)C)[C@@H]12)O3.